The van der Waals surface area contributed by atoms with Crippen LogP contribution < -0.4 is 0 Å². The van der Waals surface area contributed by atoms with Gasteiger partial charge in [0.05, 0.1) is 11.0 Å². The maximum absolute atomic E-state index is 13.5. The van der Waals surface area contributed by atoms with E-state index in [1.54, 1.807) is 45.0 Å². The summed E-state index contributed by atoms with van der Waals surface area (Å²) in [5.41, 5.74) is 3.32. The molecular formula is C26H25ClN2O5. The van der Waals surface area contributed by atoms with E-state index in [-0.39, 0.29) is 29.9 Å². The number of esters is 1. The van der Waals surface area contributed by atoms with Crippen LogP contribution in [0.1, 0.15) is 56.6 Å². The number of nitro groups is 1. The summed E-state index contributed by atoms with van der Waals surface area (Å²) in [5, 5.41) is 11.8. The van der Waals surface area contributed by atoms with Gasteiger partial charge < -0.3 is 4.74 Å². The summed E-state index contributed by atoms with van der Waals surface area (Å²) in [7, 11) is 0. The summed E-state index contributed by atoms with van der Waals surface area (Å²) in [5.74, 6) is -1.98. The molecule has 2 aromatic carbocycles. The van der Waals surface area contributed by atoms with Crippen molar-refractivity contribution in [3.8, 4) is 0 Å². The minimum Gasteiger partial charge on any atom is -0.462 e. The Hall–Kier alpha value is -3.32. The molecule has 2 aliphatic rings. The van der Waals surface area contributed by atoms with Crippen molar-refractivity contribution < 1.29 is 19.2 Å². The smallest absolute Gasteiger partial charge is 0.315 e. The number of ether oxygens (including phenoxy) is 1. The first-order valence-corrected chi connectivity index (χ1v) is 11.5. The molecule has 1 aliphatic heterocycles. The maximum atomic E-state index is 13.5. The Kier molecular flexibility index (Phi) is 6.66. The number of rotatable bonds is 5. The molecule has 4 rings (SSSR count). The highest BCUT2D eigenvalue weighted by Gasteiger charge is 2.45. The molecule has 3 atom stereocenters. The third-order valence-corrected chi connectivity index (χ3v) is 6.55. The Bertz CT molecular complexity index is 1200. The largest absolute Gasteiger partial charge is 0.462 e. The van der Waals surface area contributed by atoms with E-state index in [2.05, 4.69) is 0 Å². The second-order valence-corrected chi connectivity index (χ2v) is 9.42. The zero-order valence-electron chi connectivity index (χ0n) is 19.2. The number of hydrogen-bond donors (Lipinski definition) is 0. The van der Waals surface area contributed by atoms with Gasteiger partial charge >= 0.3 is 5.97 Å². The van der Waals surface area contributed by atoms with Gasteiger partial charge in [-0.05, 0) is 56.4 Å². The van der Waals surface area contributed by atoms with Crippen molar-refractivity contribution in [1.29, 1.82) is 0 Å². The van der Waals surface area contributed by atoms with Gasteiger partial charge in [-0.3, -0.25) is 24.7 Å². The molecule has 0 saturated carbocycles. The zero-order chi connectivity index (χ0) is 24.6. The topological polar surface area (TPSA) is 98.9 Å². The van der Waals surface area contributed by atoms with Crippen molar-refractivity contribution in [3.63, 3.8) is 0 Å². The minimum atomic E-state index is -0.779. The molecule has 1 unspecified atom stereocenters. The average Bonchev–Trinajstić information content (AvgIpc) is 2.78. The minimum absolute atomic E-state index is 0.0447. The van der Waals surface area contributed by atoms with E-state index in [1.807, 2.05) is 12.1 Å². The molecule has 0 radical (unpaired) electrons. The molecule has 0 saturated heterocycles. The van der Waals surface area contributed by atoms with Crippen LogP contribution in [0, 0.1) is 16.0 Å². The predicted molar refractivity (Wildman–Crippen MR) is 129 cm³/mol. The van der Waals surface area contributed by atoms with E-state index in [4.69, 9.17) is 21.3 Å². The van der Waals surface area contributed by atoms with Gasteiger partial charge in [0.2, 0.25) is 0 Å². The Morgan fingerprint density at radius 2 is 1.71 bits per heavy atom. The van der Waals surface area contributed by atoms with Crippen LogP contribution in [0.5, 0.6) is 0 Å². The number of aliphatic imine (C=N–C) groups is 1. The van der Waals surface area contributed by atoms with Gasteiger partial charge in [-0.15, -0.1) is 0 Å². The normalized spacial score (nSPS) is 22.3. The van der Waals surface area contributed by atoms with Crippen LogP contribution in [0.15, 0.2) is 64.8 Å². The Morgan fingerprint density at radius 1 is 1.09 bits per heavy atom. The molecule has 7 nitrogen and oxygen atoms in total. The standard InChI is InChI=1S/C26H25ClN2O5/c1-14(2)34-26(31)23-15(3)28-21-12-18(16-4-8-19(27)9-5-16)13-22(30)25(21)24(23)17-6-10-20(11-7-17)29(32)33/h4-11,14,18,23-24H,12-13H2,1-3H3/t18-,23?,24-/m0/s1. The van der Waals surface area contributed by atoms with Crippen molar-refractivity contribution in [3.05, 3.63) is 86.1 Å². The fourth-order valence-corrected chi connectivity index (χ4v) is 4.93. The van der Waals surface area contributed by atoms with Crippen molar-refractivity contribution in [2.75, 3.05) is 0 Å². The van der Waals surface area contributed by atoms with E-state index >= 15 is 0 Å². The van der Waals surface area contributed by atoms with Crippen LogP contribution in [0.3, 0.4) is 0 Å². The summed E-state index contributed by atoms with van der Waals surface area (Å²) >= 11 is 6.02. The van der Waals surface area contributed by atoms with Gasteiger partial charge in [0, 0.05) is 46.5 Å². The first-order valence-electron chi connectivity index (χ1n) is 11.2. The van der Waals surface area contributed by atoms with Gasteiger partial charge in [-0.1, -0.05) is 35.9 Å². The van der Waals surface area contributed by atoms with E-state index < -0.39 is 22.7 Å². The monoisotopic (exact) mass is 480 g/mol. The molecule has 176 valence electrons. The number of hydrogen-bond acceptors (Lipinski definition) is 6. The molecule has 0 spiro atoms. The van der Waals surface area contributed by atoms with Crippen molar-refractivity contribution >= 4 is 34.8 Å². The lowest BCUT2D eigenvalue weighted by molar-refractivity contribution is -0.384. The molecule has 8 heteroatoms. The number of carbonyl (C=O) groups excluding carboxylic acids is 2. The van der Waals surface area contributed by atoms with Gasteiger partial charge in [0.1, 0.15) is 5.92 Å². The van der Waals surface area contributed by atoms with Crippen molar-refractivity contribution in [2.45, 2.75) is 51.6 Å². The molecule has 0 N–H and O–H groups in total. The number of ketones is 1. The highest BCUT2D eigenvalue weighted by Crippen LogP contribution is 2.47. The molecule has 0 aromatic heterocycles. The number of benzene rings is 2. The molecule has 0 fully saturated rings. The van der Waals surface area contributed by atoms with Crippen molar-refractivity contribution in [2.24, 2.45) is 10.9 Å². The number of non-ortho nitro benzene ring substituents is 1. The molecule has 0 bridgehead atoms. The predicted octanol–water partition coefficient (Wildman–Crippen LogP) is 5.77. The number of halogens is 1. The quantitative estimate of drug-likeness (QED) is 0.307. The van der Waals surface area contributed by atoms with Gasteiger partial charge in [0.15, 0.2) is 5.78 Å². The third-order valence-electron chi connectivity index (χ3n) is 6.30. The number of nitro benzene ring substituents is 1. The lowest BCUT2D eigenvalue weighted by Gasteiger charge is -2.36. The molecule has 34 heavy (non-hydrogen) atoms. The first-order chi connectivity index (χ1) is 16.2. The van der Waals surface area contributed by atoms with Gasteiger partial charge in [0.25, 0.3) is 5.69 Å². The van der Waals surface area contributed by atoms with Crippen LogP contribution >= 0.6 is 11.6 Å². The fraction of sp³-hybridized carbons (Fsp3) is 0.346. The number of carbonyl (C=O) groups is 2. The van der Waals surface area contributed by atoms with E-state index in [1.165, 1.54) is 12.1 Å². The third kappa shape index (κ3) is 4.66. The van der Waals surface area contributed by atoms with E-state index in [0.29, 0.717) is 34.0 Å². The van der Waals surface area contributed by atoms with Crippen LogP contribution in [-0.2, 0) is 14.3 Å². The molecular weight excluding hydrogens is 456 g/mol. The second-order valence-electron chi connectivity index (χ2n) is 8.98. The molecule has 0 amide bonds. The summed E-state index contributed by atoms with van der Waals surface area (Å²) in [6.45, 7) is 5.30. The second kappa shape index (κ2) is 9.50. The van der Waals surface area contributed by atoms with Crippen LogP contribution in [0.4, 0.5) is 5.69 Å². The van der Waals surface area contributed by atoms with Gasteiger partial charge in [-0.2, -0.15) is 0 Å². The van der Waals surface area contributed by atoms with E-state index in [0.717, 1.165) is 5.56 Å². The van der Waals surface area contributed by atoms with Gasteiger partial charge in [-0.25, -0.2) is 0 Å². The summed E-state index contributed by atoms with van der Waals surface area (Å²) in [6, 6.07) is 13.5. The summed E-state index contributed by atoms with van der Waals surface area (Å²) in [6.07, 6.45) is 0.504. The SMILES string of the molecule is CC1=NC2=C(C(=O)C[C@@H](c3ccc(Cl)cc3)C2)[C@@H](c2ccc([N+](=O)[O-])cc2)C1C(=O)OC(C)C. The average molecular weight is 481 g/mol. The molecule has 2 aromatic rings. The van der Waals surface area contributed by atoms with Crippen molar-refractivity contribution in [1.82, 2.24) is 0 Å². The van der Waals surface area contributed by atoms with Crippen LogP contribution in [0.25, 0.3) is 0 Å². The Labute approximate surface area is 202 Å². The summed E-state index contributed by atoms with van der Waals surface area (Å²) in [4.78, 5) is 42.0. The number of nitrogens with zero attached hydrogens (tertiary/aromatic N) is 2. The molecule has 1 aliphatic carbocycles. The molecule has 1 heterocycles. The fourth-order valence-electron chi connectivity index (χ4n) is 4.80. The zero-order valence-corrected chi connectivity index (χ0v) is 19.9. The van der Waals surface area contributed by atoms with Crippen LogP contribution in [-0.4, -0.2) is 28.5 Å². The first kappa shape index (κ1) is 23.8. The van der Waals surface area contributed by atoms with E-state index in [9.17, 15) is 19.7 Å². The van der Waals surface area contributed by atoms with Crippen LogP contribution in [0.2, 0.25) is 5.02 Å². The Balaban J connectivity index is 1.79. The number of Topliss-reactive ketones (excluding diaryl/α,β-unsaturated/α-hetero) is 1. The Morgan fingerprint density at radius 3 is 2.29 bits per heavy atom. The summed E-state index contributed by atoms with van der Waals surface area (Å²) < 4.78 is 5.52. The number of allylic oxidation sites excluding steroid dienone is 2. The lowest BCUT2D eigenvalue weighted by atomic mass is 9.69. The maximum Gasteiger partial charge on any atom is 0.315 e. The highest BCUT2D eigenvalue weighted by atomic mass is 35.5. The lowest BCUT2D eigenvalue weighted by Crippen LogP contribution is -2.38. The highest BCUT2D eigenvalue weighted by molar-refractivity contribution is 6.30.